The highest BCUT2D eigenvalue weighted by Gasteiger charge is 2.15. The van der Waals surface area contributed by atoms with Crippen LogP contribution in [-0.2, 0) is 6.54 Å². The zero-order chi connectivity index (χ0) is 10.4. The summed E-state index contributed by atoms with van der Waals surface area (Å²) in [5.74, 6) is 0. The Labute approximate surface area is 90.5 Å². The maximum Gasteiger partial charge on any atom is 0.0299 e. The van der Waals surface area contributed by atoms with Crippen molar-refractivity contribution in [3.05, 3.63) is 22.4 Å². The van der Waals surface area contributed by atoms with Gasteiger partial charge in [-0.15, -0.1) is 11.3 Å². The van der Waals surface area contributed by atoms with Gasteiger partial charge in [-0.2, -0.15) is 0 Å². The molecule has 0 bridgehead atoms. The van der Waals surface area contributed by atoms with Crippen LogP contribution in [0.2, 0.25) is 0 Å². The summed E-state index contributed by atoms with van der Waals surface area (Å²) in [6.07, 6.45) is 1.07. The Morgan fingerprint density at radius 2 is 2.29 bits per heavy atom. The van der Waals surface area contributed by atoms with Gasteiger partial charge < -0.3 is 11.1 Å². The minimum absolute atomic E-state index is 0.312. The number of thiophene rings is 1. The van der Waals surface area contributed by atoms with Gasteiger partial charge in [0, 0.05) is 18.0 Å². The van der Waals surface area contributed by atoms with Crippen molar-refractivity contribution in [1.29, 1.82) is 0 Å². The molecule has 1 rings (SSSR count). The molecule has 0 aliphatic carbocycles. The van der Waals surface area contributed by atoms with Gasteiger partial charge in [0.25, 0.3) is 0 Å². The molecular weight excluding hydrogens is 192 g/mol. The van der Waals surface area contributed by atoms with Crippen LogP contribution in [0.15, 0.2) is 17.5 Å². The lowest BCUT2D eigenvalue weighted by Gasteiger charge is -2.24. The van der Waals surface area contributed by atoms with Crippen molar-refractivity contribution in [2.45, 2.75) is 26.8 Å². The van der Waals surface area contributed by atoms with E-state index >= 15 is 0 Å². The first-order valence-corrected chi connectivity index (χ1v) is 5.95. The summed E-state index contributed by atoms with van der Waals surface area (Å²) in [5.41, 5.74) is 5.87. The van der Waals surface area contributed by atoms with Crippen LogP contribution in [0.4, 0.5) is 0 Å². The van der Waals surface area contributed by atoms with Crippen molar-refractivity contribution < 1.29 is 0 Å². The van der Waals surface area contributed by atoms with Crippen LogP contribution in [0.1, 0.15) is 25.1 Å². The molecule has 0 spiro atoms. The lowest BCUT2D eigenvalue weighted by atomic mass is 9.89. The third-order valence-corrected chi connectivity index (χ3v) is 3.18. The highest BCUT2D eigenvalue weighted by Crippen LogP contribution is 2.18. The highest BCUT2D eigenvalue weighted by atomic mass is 32.1. The van der Waals surface area contributed by atoms with Gasteiger partial charge in [-0.1, -0.05) is 19.9 Å². The molecule has 3 N–H and O–H groups in total. The largest absolute Gasteiger partial charge is 0.330 e. The number of hydrogen-bond donors (Lipinski definition) is 2. The van der Waals surface area contributed by atoms with Crippen LogP contribution in [-0.4, -0.2) is 13.1 Å². The minimum atomic E-state index is 0.312. The molecule has 0 saturated heterocycles. The van der Waals surface area contributed by atoms with Crippen molar-refractivity contribution in [3.8, 4) is 0 Å². The van der Waals surface area contributed by atoms with Crippen LogP contribution < -0.4 is 11.1 Å². The predicted molar refractivity (Wildman–Crippen MR) is 63.5 cm³/mol. The van der Waals surface area contributed by atoms with Crippen molar-refractivity contribution in [2.75, 3.05) is 13.1 Å². The molecule has 0 aliphatic rings. The second kappa shape index (κ2) is 5.49. The fourth-order valence-electron chi connectivity index (χ4n) is 1.42. The first-order chi connectivity index (χ1) is 6.64. The maximum atomic E-state index is 5.56. The van der Waals surface area contributed by atoms with E-state index in [0.29, 0.717) is 5.41 Å². The zero-order valence-electron chi connectivity index (χ0n) is 9.05. The Bertz CT molecular complexity index is 242. The first-order valence-electron chi connectivity index (χ1n) is 5.07. The van der Waals surface area contributed by atoms with E-state index in [1.54, 1.807) is 11.3 Å². The van der Waals surface area contributed by atoms with E-state index in [1.807, 2.05) is 0 Å². The van der Waals surface area contributed by atoms with Crippen LogP contribution in [0.3, 0.4) is 0 Å². The molecule has 14 heavy (non-hydrogen) atoms. The number of rotatable bonds is 6. The third kappa shape index (κ3) is 4.22. The van der Waals surface area contributed by atoms with Gasteiger partial charge >= 0.3 is 0 Å². The summed E-state index contributed by atoms with van der Waals surface area (Å²) in [5, 5.41) is 5.58. The Balaban J connectivity index is 2.20. The van der Waals surface area contributed by atoms with Crippen molar-refractivity contribution in [2.24, 2.45) is 11.1 Å². The van der Waals surface area contributed by atoms with E-state index < -0.39 is 0 Å². The maximum absolute atomic E-state index is 5.56. The molecule has 1 heterocycles. The molecule has 0 aromatic carbocycles. The summed E-state index contributed by atoms with van der Waals surface area (Å²) in [6.45, 7) is 7.28. The molecule has 0 unspecified atom stereocenters. The lowest BCUT2D eigenvalue weighted by Crippen LogP contribution is -2.30. The van der Waals surface area contributed by atoms with Gasteiger partial charge in [0.05, 0.1) is 0 Å². The van der Waals surface area contributed by atoms with Crippen LogP contribution in [0.5, 0.6) is 0 Å². The zero-order valence-corrected chi connectivity index (χ0v) is 9.86. The minimum Gasteiger partial charge on any atom is -0.330 e. The molecule has 1 aromatic rings. The molecule has 0 radical (unpaired) electrons. The van der Waals surface area contributed by atoms with Gasteiger partial charge in [-0.25, -0.2) is 0 Å². The number of hydrogen-bond acceptors (Lipinski definition) is 3. The van der Waals surface area contributed by atoms with Crippen LogP contribution in [0.25, 0.3) is 0 Å². The van der Waals surface area contributed by atoms with Gasteiger partial charge in [0.1, 0.15) is 0 Å². The Morgan fingerprint density at radius 1 is 1.50 bits per heavy atom. The van der Waals surface area contributed by atoms with Gasteiger partial charge in [0.15, 0.2) is 0 Å². The Kier molecular flexibility index (Phi) is 4.58. The molecule has 0 saturated carbocycles. The SMILES string of the molecule is CC(C)(CCN)CNCc1cccs1. The molecule has 80 valence electrons. The average Bonchev–Trinajstić information content (AvgIpc) is 2.56. The Hall–Kier alpha value is -0.380. The quantitative estimate of drug-likeness (QED) is 0.759. The molecular formula is C11H20N2S. The summed E-state index contributed by atoms with van der Waals surface area (Å²) in [4.78, 5) is 1.40. The van der Waals surface area contributed by atoms with Crippen molar-refractivity contribution in [3.63, 3.8) is 0 Å². The lowest BCUT2D eigenvalue weighted by molar-refractivity contribution is 0.319. The number of nitrogens with two attached hydrogens (primary N) is 1. The molecule has 3 heteroatoms. The predicted octanol–water partition coefficient (Wildman–Crippen LogP) is 2.21. The second-order valence-electron chi connectivity index (χ2n) is 4.39. The fourth-order valence-corrected chi connectivity index (χ4v) is 2.09. The monoisotopic (exact) mass is 212 g/mol. The fraction of sp³-hybridized carbons (Fsp3) is 0.636. The smallest absolute Gasteiger partial charge is 0.0299 e. The third-order valence-electron chi connectivity index (χ3n) is 2.30. The average molecular weight is 212 g/mol. The molecule has 0 amide bonds. The summed E-state index contributed by atoms with van der Waals surface area (Å²) in [7, 11) is 0. The molecule has 0 aliphatic heterocycles. The van der Waals surface area contributed by atoms with E-state index in [-0.39, 0.29) is 0 Å². The molecule has 0 fully saturated rings. The first kappa shape index (κ1) is 11.7. The molecule has 2 nitrogen and oxygen atoms in total. The summed E-state index contributed by atoms with van der Waals surface area (Å²) < 4.78 is 0. The standard InChI is InChI=1S/C11H20N2S/c1-11(2,5-6-12)9-13-8-10-4-3-7-14-10/h3-4,7,13H,5-6,8-9,12H2,1-2H3. The highest BCUT2D eigenvalue weighted by molar-refractivity contribution is 7.09. The van der Waals surface area contributed by atoms with Gasteiger partial charge in [-0.05, 0) is 29.8 Å². The van der Waals surface area contributed by atoms with E-state index in [2.05, 4.69) is 36.7 Å². The molecule has 0 atom stereocenters. The summed E-state index contributed by atoms with van der Waals surface area (Å²) in [6, 6.07) is 4.25. The van der Waals surface area contributed by atoms with Gasteiger partial charge in [-0.3, -0.25) is 0 Å². The normalized spacial score (nSPS) is 11.9. The van der Waals surface area contributed by atoms with Gasteiger partial charge in [0.2, 0.25) is 0 Å². The second-order valence-corrected chi connectivity index (χ2v) is 5.42. The van der Waals surface area contributed by atoms with E-state index in [0.717, 1.165) is 26.1 Å². The Morgan fingerprint density at radius 3 is 2.86 bits per heavy atom. The number of nitrogens with one attached hydrogen (secondary N) is 1. The molecule has 1 aromatic heterocycles. The van der Waals surface area contributed by atoms with E-state index in [9.17, 15) is 0 Å². The van der Waals surface area contributed by atoms with Crippen molar-refractivity contribution >= 4 is 11.3 Å². The van der Waals surface area contributed by atoms with E-state index in [1.165, 1.54) is 4.88 Å². The van der Waals surface area contributed by atoms with Crippen molar-refractivity contribution in [1.82, 2.24) is 5.32 Å². The van der Waals surface area contributed by atoms with Crippen LogP contribution in [0, 0.1) is 5.41 Å². The van der Waals surface area contributed by atoms with Crippen LogP contribution >= 0.6 is 11.3 Å². The summed E-state index contributed by atoms with van der Waals surface area (Å²) >= 11 is 1.80. The van der Waals surface area contributed by atoms with E-state index in [4.69, 9.17) is 5.73 Å². The topological polar surface area (TPSA) is 38.0 Å².